The second-order valence-electron chi connectivity index (χ2n) is 6.16. The number of rotatable bonds is 9. The van der Waals surface area contributed by atoms with Gasteiger partial charge in [0.05, 0.1) is 0 Å². The van der Waals surface area contributed by atoms with E-state index in [4.69, 9.17) is 0 Å². The quantitative estimate of drug-likeness (QED) is 0.320. The van der Waals surface area contributed by atoms with Crippen molar-refractivity contribution in [3.63, 3.8) is 0 Å². The van der Waals surface area contributed by atoms with E-state index in [1.807, 2.05) is 18.2 Å². The Bertz CT molecular complexity index is 713. The summed E-state index contributed by atoms with van der Waals surface area (Å²) in [4.78, 5) is 0. The van der Waals surface area contributed by atoms with E-state index in [-0.39, 0.29) is 0 Å². The SMILES string of the molecule is [Se]=P(CNc1ccccc1)(CNc1ccccc1)CNc1ccccc1. The fourth-order valence-electron chi connectivity index (χ4n) is 2.54. The fraction of sp³-hybridized carbons (Fsp3) is 0.143. The van der Waals surface area contributed by atoms with E-state index in [9.17, 15) is 0 Å². The van der Waals surface area contributed by atoms with Crippen LogP contribution in [0.3, 0.4) is 0 Å². The van der Waals surface area contributed by atoms with Crippen LogP contribution in [0.25, 0.3) is 0 Å². The summed E-state index contributed by atoms with van der Waals surface area (Å²) < 4.78 is 0. The number of hydrogen-bond acceptors (Lipinski definition) is 3. The number of para-hydroxylation sites is 3. The molecule has 0 saturated carbocycles. The molecule has 0 heterocycles. The molecule has 0 bridgehead atoms. The summed E-state index contributed by atoms with van der Waals surface area (Å²) in [5, 5.41) is 10.8. The summed E-state index contributed by atoms with van der Waals surface area (Å²) in [6.45, 7) is 0. The normalized spacial score (nSPS) is 10.9. The van der Waals surface area contributed by atoms with Crippen molar-refractivity contribution >= 4 is 37.7 Å². The van der Waals surface area contributed by atoms with Crippen molar-refractivity contribution in [3.8, 4) is 0 Å². The molecule has 3 rings (SSSR count). The van der Waals surface area contributed by atoms with Crippen LogP contribution in [-0.4, -0.2) is 34.0 Å². The van der Waals surface area contributed by atoms with Crippen LogP contribution >= 0.6 is 5.51 Å². The summed E-state index contributed by atoms with van der Waals surface area (Å²) in [7, 11) is 0. The molecule has 3 nitrogen and oxygen atoms in total. The van der Waals surface area contributed by atoms with E-state index in [1.165, 1.54) is 0 Å². The Labute approximate surface area is 163 Å². The van der Waals surface area contributed by atoms with Crippen molar-refractivity contribution in [1.82, 2.24) is 0 Å². The molecule has 26 heavy (non-hydrogen) atoms. The summed E-state index contributed by atoms with van der Waals surface area (Å²) in [6, 6.07) is 31.2. The fourth-order valence-corrected chi connectivity index (χ4v) is 5.51. The maximum atomic E-state index is 3.60. The van der Waals surface area contributed by atoms with Gasteiger partial charge in [0.15, 0.2) is 0 Å². The Balaban J connectivity index is 1.65. The van der Waals surface area contributed by atoms with E-state index < -0.39 is 5.51 Å². The van der Waals surface area contributed by atoms with Crippen molar-refractivity contribution in [2.75, 3.05) is 34.8 Å². The standard InChI is InChI=1S/C21H24N3PSe/c26-25(16-22-19-10-4-1-5-11-19,17-23-20-12-6-2-7-13-20)18-24-21-14-8-3-9-15-21/h1-15,22-24H,16-18H2. The zero-order valence-corrected chi connectivity index (χ0v) is 17.2. The van der Waals surface area contributed by atoms with E-state index in [0.717, 1.165) is 35.9 Å². The molecule has 0 aliphatic rings. The van der Waals surface area contributed by atoms with Gasteiger partial charge in [-0.15, -0.1) is 0 Å². The number of nitrogens with one attached hydrogen (secondary N) is 3. The van der Waals surface area contributed by atoms with Gasteiger partial charge in [-0.3, -0.25) is 0 Å². The molecule has 3 aromatic carbocycles. The van der Waals surface area contributed by atoms with Crippen molar-refractivity contribution in [2.24, 2.45) is 0 Å². The van der Waals surface area contributed by atoms with Crippen LogP contribution in [0.1, 0.15) is 0 Å². The van der Waals surface area contributed by atoms with Gasteiger partial charge in [-0.2, -0.15) is 0 Å². The van der Waals surface area contributed by atoms with Crippen LogP contribution in [0, 0.1) is 0 Å². The van der Waals surface area contributed by atoms with E-state index >= 15 is 0 Å². The van der Waals surface area contributed by atoms with Crippen molar-refractivity contribution in [3.05, 3.63) is 91.0 Å². The first kappa shape index (κ1) is 18.8. The molecule has 0 unspecified atom stereocenters. The van der Waals surface area contributed by atoms with E-state index in [1.54, 1.807) is 0 Å². The molecule has 3 N–H and O–H groups in total. The van der Waals surface area contributed by atoms with Gasteiger partial charge in [0.1, 0.15) is 0 Å². The predicted molar refractivity (Wildman–Crippen MR) is 117 cm³/mol. The zero-order valence-electron chi connectivity index (χ0n) is 14.6. The maximum absolute atomic E-state index is 3.60. The summed E-state index contributed by atoms with van der Waals surface area (Å²) >= 11 is 3.52. The minimum absolute atomic E-state index is 0.927. The molecular formula is C21H24N3PSe. The van der Waals surface area contributed by atoms with Gasteiger partial charge < -0.3 is 0 Å². The number of anilines is 3. The molecule has 5 heteroatoms. The third-order valence-corrected chi connectivity index (χ3v) is 8.68. The third kappa shape index (κ3) is 6.07. The minimum atomic E-state index is -1.42. The molecule has 3 aromatic rings. The van der Waals surface area contributed by atoms with Gasteiger partial charge in [-0.1, -0.05) is 0 Å². The molecule has 0 aromatic heterocycles. The molecule has 0 aliphatic carbocycles. The summed E-state index contributed by atoms with van der Waals surface area (Å²) in [6.07, 6.45) is 2.78. The topological polar surface area (TPSA) is 36.1 Å². The van der Waals surface area contributed by atoms with Crippen molar-refractivity contribution < 1.29 is 0 Å². The van der Waals surface area contributed by atoms with Gasteiger partial charge in [-0.25, -0.2) is 0 Å². The molecule has 0 spiro atoms. The van der Waals surface area contributed by atoms with Crippen LogP contribution < -0.4 is 16.0 Å². The molecule has 0 amide bonds. The Morgan fingerprint density at radius 2 is 0.769 bits per heavy atom. The molecule has 0 radical (unpaired) electrons. The second-order valence-corrected chi connectivity index (χ2v) is 14.1. The monoisotopic (exact) mass is 429 g/mol. The molecule has 134 valence electrons. The average Bonchev–Trinajstić information content (AvgIpc) is 2.72. The Kier molecular flexibility index (Phi) is 6.96. The number of benzene rings is 3. The first-order valence-corrected chi connectivity index (χ1v) is 13.2. The van der Waals surface area contributed by atoms with Gasteiger partial charge in [0.2, 0.25) is 0 Å². The van der Waals surface area contributed by atoms with Crippen molar-refractivity contribution in [2.45, 2.75) is 0 Å². The number of hydrogen-bond donors (Lipinski definition) is 3. The summed E-state index contributed by atoms with van der Waals surface area (Å²) in [5.41, 5.74) is 2.05. The average molecular weight is 428 g/mol. The Morgan fingerprint density at radius 1 is 0.500 bits per heavy atom. The Hall–Kier alpha value is -1.99. The molecule has 0 aliphatic heterocycles. The van der Waals surface area contributed by atoms with Crippen molar-refractivity contribution in [1.29, 1.82) is 0 Å². The van der Waals surface area contributed by atoms with Gasteiger partial charge in [-0.05, 0) is 0 Å². The van der Waals surface area contributed by atoms with Crippen LogP contribution in [0.4, 0.5) is 17.1 Å². The predicted octanol–water partition coefficient (Wildman–Crippen LogP) is 5.30. The summed E-state index contributed by atoms with van der Waals surface area (Å²) in [5.74, 6) is 0. The zero-order chi connectivity index (χ0) is 18.1. The van der Waals surface area contributed by atoms with Crippen LogP contribution in [0.2, 0.25) is 0 Å². The van der Waals surface area contributed by atoms with Crippen LogP contribution in [0.15, 0.2) is 91.0 Å². The van der Waals surface area contributed by atoms with Crippen LogP contribution in [-0.2, 0) is 0 Å². The van der Waals surface area contributed by atoms with Gasteiger partial charge in [0.25, 0.3) is 0 Å². The van der Waals surface area contributed by atoms with Crippen LogP contribution in [0.5, 0.6) is 0 Å². The third-order valence-electron chi connectivity index (χ3n) is 4.04. The second kappa shape index (κ2) is 9.64. The first-order chi connectivity index (χ1) is 12.7. The molecule has 0 saturated heterocycles. The Morgan fingerprint density at radius 3 is 1.04 bits per heavy atom. The molecule has 0 atom stereocenters. The molecule has 0 fully saturated rings. The van der Waals surface area contributed by atoms with Gasteiger partial charge in [0, 0.05) is 0 Å². The van der Waals surface area contributed by atoms with E-state index in [2.05, 4.69) is 104 Å². The molecular weight excluding hydrogens is 404 g/mol. The van der Waals surface area contributed by atoms with E-state index in [0.29, 0.717) is 0 Å². The van der Waals surface area contributed by atoms with Gasteiger partial charge >= 0.3 is 163 Å². The first-order valence-electron chi connectivity index (χ1n) is 8.67.